The number of hydrogen-bond donors (Lipinski definition) is 1. The highest BCUT2D eigenvalue weighted by Gasteiger charge is 2.29. The number of anilines is 2. The number of aromatic nitrogens is 2. The number of thioether (sulfide) groups is 1. The molecule has 0 aliphatic carbocycles. The zero-order valence-electron chi connectivity index (χ0n) is 17.3. The molecule has 0 radical (unpaired) electrons. The van der Waals surface area contributed by atoms with Gasteiger partial charge in [-0.05, 0) is 37.3 Å². The van der Waals surface area contributed by atoms with Gasteiger partial charge in [0, 0.05) is 17.8 Å². The van der Waals surface area contributed by atoms with Gasteiger partial charge in [0.25, 0.3) is 0 Å². The third-order valence-corrected chi connectivity index (χ3v) is 6.25. The highest BCUT2D eigenvalue weighted by molar-refractivity contribution is 8.00. The molecule has 1 atom stereocenters. The third-order valence-electron chi connectivity index (χ3n) is 5.27. The van der Waals surface area contributed by atoms with Crippen LogP contribution in [0.5, 0.6) is 0 Å². The molecule has 1 aliphatic heterocycles. The van der Waals surface area contributed by atoms with Gasteiger partial charge in [0.15, 0.2) is 11.6 Å². The Labute approximate surface area is 188 Å². The number of carbonyl (C=O) groups is 2. The van der Waals surface area contributed by atoms with Crippen molar-refractivity contribution in [2.45, 2.75) is 24.4 Å². The van der Waals surface area contributed by atoms with Gasteiger partial charge in [0.1, 0.15) is 5.03 Å². The fourth-order valence-electron chi connectivity index (χ4n) is 3.84. The Morgan fingerprint density at radius 2 is 1.94 bits per heavy atom. The van der Waals surface area contributed by atoms with Gasteiger partial charge in [0.2, 0.25) is 11.8 Å². The lowest BCUT2D eigenvalue weighted by molar-refractivity contribution is -0.117. The van der Waals surface area contributed by atoms with E-state index < -0.39 is 0 Å². The second kappa shape index (κ2) is 8.47. The number of nitrogens with one attached hydrogen (secondary N) is 1. The molecule has 3 heterocycles. The summed E-state index contributed by atoms with van der Waals surface area (Å²) >= 11 is 1.36. The van der Waals surface area contributed by atoms with Crippen molar-refractivity contribution in [2.75, 3.05) is 16.0 Å². The summed E-state index contributed by atoms with van der Waals surface area (Å²) < 4.78 is 5.47. The molecule has 0 unspecified atom stereocenters. The van der Waals surface area contributed by atoms with Gasteiger partial charge in [-0.25, -0.2) is 9.97 Å². The van der Waals surface area contributed by atoms with Crippen LogP contribution < -0.4 is 10.2 Å². The van der Waals surface area contributed by atoms with Crippen LogP contribution >= 0.6 is 11.8 Å². The minimum atomic E-state index is -0.257. The molecule has 4 aromatic rings. The maximum Gasteiger partial charge on any atom is 0.237 e. The topological polar surface area (TPSA) is 88.3 Å². The zero-order valence-corrected chi connectivity index (χ0v) is 18.1. The Bertz CT molecular complexity index is 1310. The number of fused-ring (bicyclic) bond motifs is 2. The van der Waals surface area contributed by atoms with E-state index >= 15 is 0 Å². The molecule has 0 saturated heterocycles. The van der Waals surface area contributed by atoms with E-state index in [9.17, 15) is 9.59 Å². The first-order chi connectivity index (χ1) is 15.6. The van der Waals surface area contributed by atoms with Crippen LogP contribution in [0.4, 0.5) is 11.4 Å². The van der Waals surface area contributed by atoms with E-state index in [1.54, 1.807) is 17.2 Å². The molecule has 160 valence electrons. The largest absolute Gasteiger partial charge is 0.461 e. The molecule has 1 aliphatic rings. The van der Waals surface area contributed by atoms with Crippen LogP contribution in [0, 0.1) is 0 Å². The fraction of sp³-hybridized carbons (Fsp3) is 0.167. The van der Waals surface area contributed by atoms with Crippen molar-refractivity contribution in [1.29, 1.82) is 0 Å². The normalized spacial score (nSPS) is 15.8. The quantitative estimate of drug-likeness (QED) is 0.361. The number of hydrogen-bond acceptors (Lipinski definition) is 6. The van der Waals surface area contributed by atoms with Gasteiger partial charge in [-0.1, -0.05) is 42.1 Å². The van der Waals surface area contributed by atoms with E-state index in [4.69, 9.17) is 4.42 Å². The smallest absolute Gasteiger partial charge is 0.237 e. The van der Waals surface area contributed by atoms with Crippen molar-refractivity contribution in [2.24, 2.45) is 0 Å². The molecule has 0 saturated carbocycles. The Hall–Kier alpha value is -3.65. The molecular formula is C24H20N4O3S. The van der Waals surface area contributed by atoms with Crippen LogP contribution in [-0.2, 0) is 9.59 Å². The van der Waals surface area contributed by atoms with Crippen LogP contribution in [0.15, 0.2) is 76.4 Å². The average Bonchev–Trinajstić information content (AvgIpc) is 3.29. The maximum atomic E-state index is 13.4. The minimum Gasteiger partial charge on any atom is -0.461 e. The van der Waals surface area contributed by atoms with E-state index in [0.717, 1.165) is 10.9 Å². The average molecular weight is 445 g/mol. The van der Waals surface area contributed by atoms with E-state index in [-0.39, 0.29) is 30.0 Å². The highest BCUT2D eigenvalue weighted by Crippen LogP contribution is 2.33. The van der Waals surface area contributed by atoms with Gasteiger partial charge in [0.05, 0.1) is 28.9 Å². The summed E-state index contributed by atoms with van der Waals surface area (Å²) in [6, 6.07) is 18.4. The number of benzene rings is 2. The van der Waals surface area contributed by atoms with Crippen LogP contribution in [0.25, 0.3) is 22.5 Å². The van der Waals surface area contributed by atoms with Crippen molar-refractivity contribution in [3.8, 4) is 11.6 Å². The molecule has 2 aromatic carbocycles. The predicted molar refractivity (Wildman–Crippen MR) is 125 cm³/mol. The molecule has 2 amide bonds. The standard InChI is InChI=1S/C24H20N4O3S/c1-15-13-21(29)25-18-9-4-5-10-19(18)28(15)22(30)14-32-24-16-7-2-3-8-17(16)26-23(27-24)20-11-6-12-31-20/h2-12,15H,13-14H2,1H3,(H,25,29)/t15-/m1/s1. The molecule has 0 fully saturated rings. The van der Waals surface area contributed by atoms with Crippen molar-refractivity contribution < 1.29 is 14.0 Å². The van der Waals surface area contributed by atoms with Crippen molar-refractivity contribution in [3.05, 3.63) is 66.9 Å². The van der Waals surface area contributed by atoms with Gasteiger partial charge >= 0.3 is 0 Å². The van der Waals surface area contributed by atoms with Crippen LogP contribution in [0.1, 0.15) is 13.3 Å². The molecule has 32 heavy (non-hydrogen) atoms. The lowest BCUT2D eigenvalue weighted by atomic mass is 10.2. The number of para-hydroxylation sites is 3. The van der Waals surface area contributed by atoms with Gasteiger partial charge < -0.3 is 14.6 Å². The summed E-state index contributed by atoms with van der Waals surface area (Å²) in [6.07, 6.45) is 1.82. The maximum absolute atomic E-state index is 13.4. The van der Waals surface area contributed by atoms with Crippen molar-refractivity contribution in [3.63, 3.8) is 0 Å². The number of rotatable bonds is 4. The first kappa shape index (κ1) is 20.3. The minimum absolute atomic E-state index is 0.0892. The Kier molecular flexibility index (Phi) is 5.36. The van der Waals surface area contributed by atoms with Crippen LogP contribution in [-0.4, -0.2) is 33.6 Å². The summed E-state index contributed by atoms with van der Waals surface area (Å²) in [5.74, 6) is 1.04. The molecule has 0 spiro atoms. The lowest BCUT2D eigenvalue weighted by Gasteiger charge is -2.27. The Morgan fingerprint density at radius 1 is 1.12 bits per heavy atom. The fourth-order valence-corrected chi connectivity index (χ4v) is 4.72. The van der Waals surface area contributed by atoms with Crippen LogP contribution in [0.3, 0.4) is 0 Å². The van der Waals surface area contributed by atoms with Gasteiger partial charge in [-0.3, -0.25) is 9.59 Å². The summed E-state index contributed by atoms with van der Waals surface area (Å²) in [5.41, 5.74) is 2.14. The molecule has 2 aromatic heterocycles. The highest BCUT2D eigenvalue weighted by atomic mass is 32.2. The van der Waals surface area contributed by atoms with Crippen molar-refractivity contribution >= 4 is 45.9 Å². The summed E-state index contributed by atoms with van der Waals surface area (Å²) in [6.45, 7) is 1.89. The Balaban J connectivity index is 1.46. The summed E-state index contributed by atoms with van der Waals surface area (Å²) in [7, 11) is 0. The Morgan fingerprint density at radius 3 is 2.78 bits per heavy atom. The number of nitrogens with zero attached hydrogens (tertiary/aromatic N) is 3. The zero-order chi connectivity index (χ0) is 22.1. The van der Waals surface area contributed by atoms with Gasteiger partial charge in [-0.15, -0.1) is 0 Å². The monoisotopic (exact) mass is 444 g/mol. The lowest BCUT2D eigenvalue weighted by Crippen LogP contribution is -2.40. The number of amides is 2. The predicted octanol–water partition coefficient (Wildman–Crippen LogP) is 4.75. The van der Waals surface area contributed by atoms with E-state index in [2.05, 4.69) is 15.3 Å². The molecular weight excluding hydrogens is 424 g/mol. The second-order valence-corrected chi connectivity index (χ2v) is 8.48. The molecule has 5 rings (SSSR count). The van der Waals surface area contributed by atoms with E-state index in [0.29, 0.717) is 28.0 Å². The first-order valence-corrected chi connectivity index (χ1v) is 11.2. The summed E-state index contributed by atoms with van der Waals surface area (Å²) in [5, 5.41) is 4.47. The van der Waals surface area contributed by atoms with E-state index in [1.165, 1.54) is 11.8 Å². The van der Waals surface area contributed by atoms with Crippen molar-refractivity contribution in [1.82, 2.24) is 9.97 Å². The molecule has 8 heteroatoms. The third kappa shape index (κ3) is 3.85. The number of carbonyl (C=O) groups excluding carboxylic acids is 2. The molecule has 0 bridgehead atoms. The molecule has 1 N–H and O–H groups in total. The van der Waals surface area contributed by atoms with Gasteiger partial charge in [-0.2, -0.15) is 0 Å². The first-order valence-electron chi connectivity index (χ1n) is 10.2. The molecule has 7 nitrogen and oxygen atoms in total. The second-order valence-electron chi connectivity index (χ2n) is 7.52. The number of furan rings is 1. The SMILES string of the molecule is C[C@@H]1CC(=O)Nc2ccccc2N1C(=O)CSc1nc(-c2ccco2)nc2ccccc12. The van der Waals surface area contributed by atoms with E-state index in [1.807, 2.05) is 61.5 Å². The summed E-state index contributed by atoms with van der Waals surface area (Å²) in [4.78, 5) is 36.6. The van der Waals surface area contributed by atoms with Crippen LogP contribution in [0.2, 0.25) is 0 Å².